The van der Waals surface area contributed by atoms with Crippen molar-refractivity contribution >= 4 is 23.1 Å². The van der Waals surface area contributed by atoms with Crippen molar-refractivity contribution in [2.45, 2.75) is 26.3 Å². The van der Waals surface area contributed by atoms with Gasteiger partial charge in [0.2, 0.25) is 0 Å². The van der Waals surface area contributed by atoms with Crippen LogP contribution in [0.2, 0.25) is 5.02 Å². The third-order valence-electron chi connectivity index (χ3n) is 3.94. The molecule has 0 radical (unpaired) electrons. The second kappa shape index (κ2) is 8.04. The number of halogens is 1. The molecule has 128 valence electrons. The highest BCUT2D eigenvalue weighted by Gasteiger charge is 2.06. The van der Waals surface area contributed by atoms with Crippen LogP contribution < -0.4 is 5.32 Å². The second-order valence-electron chi connectivity index (χ2n) is 5.88. The minimum Gasteiger partial charge on any atom is -0.459 e. The van der Waals surface area contributed by atoms with Crippen LogP contribution in [0, 0.1) is 0 Å². The van der Waals surface area contributed by atoms with Crippen molar-refractivity contribution in [2.75, 3.05) is 5.32 Å². The van der Waals surface area contributed by atoms with E-state index in [1.54, 1.807) is 0 Å². The number of nitrogens with one attached hydrogen (secondary N) is 1. The summed E-state index contributed by atoms with van der Waals surface area (Å²) in [4.78, 5) is 11.9. The largest absolute Gasteiger partial charge is 0.459 e. The fraction of sp³-hybridized carbons (Fsp3) is 0.190. The van der Waals surface area contributed by atoms with Crippen molar-refractivity contribution in [3.05, 3.63) is 77.0 Å². The van der Waals surface area contributed by atoms with Crippen molar-refractivity contribution < 1.29 is 9.21 Å². The van der Waals surface area contributed by atoms with Crippen LogP contribution in [0.15, 0.2) is 65.1 Å². The highest BCUT2D eigenvalue weighted by molar-refractivity contribution is 6.30. The van der Waals surface area contributed by atoms with Gasteiger partial charge in [0.1, 0.15) is 11.5 Å². The normalized spacial score (nSPS) is 10.6. The lowest BCUT2D eigenvalue weighted by molar-refractivity contribution is 0.0982. The van der Waals surface area contributed by atoms with Crippen LogP contribution in [0.3, 0.4) is 0 Å². The molecule has 0 saturated carbocycles. The molecule has 0 bridgehead atoms. The smallest absolute Gasteiger partial charge is 0.162 e. The summed E-state index contributed by atoms with van der Waals surface area (Å²) in [5, 5.41) is 4.01. The van der Waals surface area contributed by atoms with E-state index in [0.717, 1.165) is 34.8 Å². The molecule has 3 rings (SSSR count). The Morgan fingerprint density at radius 1 is 1.00 bits per heavy atom. The molecule has 0 atom stereocenters. The molecule has 25 heavy (non-hydrogen) atoms. The number of anilines is 1. The van der Waals surface area contributed by atoms with Gasteiger partial charge >= 0.3 is 0 Å². The first-order chi connectivity index (χ1) is 12.2. The van der Waals surface area contributed by atoms with Crippen molar-refractivity contribution in [3.8, 4) is 11.3 Å². The van der Waals surface area contributed by atoms with E-state index in [9.17, 15) is 4.79 Å². The van der Waals surface area contributed by atoms with Crippen LogP contribution >= 0.6 is 11.6 Å². The number of hydrogen-bond donors (Lipinski definition) is 1. The standard InChI is InChI=1S/C21H20ClNO2/c1-2-3-20(24)15-6-10-18(11-7-15)23-14-19-12-13-21(25-19)16-4-8-17(22)9-5-16/h4-13,23H,2-3,14H2,1H3. The first-order valence-electron chi connectivity index (χ1n) is 8.37. The predicted octanol–water partition coefficient (Wildman–Crippen LogP) is 6.19. The molecular weight excluding hydrogens is 334 g/mol. The first kappa shape index (κ1) is 17.3. The Morgan fingerprint density at radius 2 is 1.72 bits per heavy atom. The average molecular weight is 354 g/mol. The van der Waals surface area contributed by atoms with Gasteiger partial charge in [0, 0.05) is 28.3 Å². The third-order valence-corrected chi connectivity index (χ3v) is 4.19. The molecule has 2 aromatic carbocycles. The maximum atomic E-state index is 11.9. The highest BCUT2D eigenvalue weighted by Crippen LogP contribution is 2.24. The van der Waals surface area contributed by atoms with Crippen LogP contribution in [0.25, 0.3) is 11.3 Å². The molecule has 0 aliphatic heterocycles. The van der Waals surface area contributed by atoms with E-state index in [4.69, 9.17) is 16.0 Å². The summed E-state index contributed by atoms with van der Waals surface area (Å²) >= 11 is 5.91. The maximum absolute atomic E-state index is 11.9. The summed E-state index contributed by atoms with van der Waals surface area (Å²) in [5.41, 5.74) is 2.71. The van der Waals surface area contributed by atoms with Crippen LogP contribution in [0.4, 0.5) is 5.69 Å². The number of ketones is 1. The van der Waals surface area contributed by atoms with Crippen LogP contribution in [0.1, 0.15) is 35.9 Å². The van der Waals surface area contributed by atoms with Gasteiger partial charge in [-0.1, -0.05) is 18.5 Å². The summed E-state index contributed by atoms with van der Waals surface area (Å²) in [6, 6.07) is 19.0. The number of carbonyl (C=O) groups is 1. The topological polar surface area (TPSA) is 42.2 Å². The quantitative estimate of drug-likeness (QED) is 0.514. The molecule has 1 aromatic heterocycles. The first-order valence-corrected chi connectivity index (χ1v) is 8.75. The zero-order chi connectivity index (χ0) is 17.6. The molecule has 1 N–H and O–H groups in total. The molecule has 3 nitrogen and oxygen atoms in total. The van der Waals surface area contributed by atoms with Crippen LogP contribution in [-0.2, 0) is 6.54 Å². The van der Waals surface area contributed by atoms with E-state index >= 15 is 0 Å². The fourth-order valence-electron chi connectivity index (χ4n) is 2.58. The van der Waals surface area contributed by atoms with Gasteiger partial charge in [-0.05, 0) is 67.1 Å². The summed E-state index contributed by atoms with van der Waals surface area (Å²) in [6.45, 7) is 2.59. The predicted molar refractivity (Wildman–Crippen MR) is 102 cm³/mol. The number of Topliss-reactive ketones (excluding diaryl/α,β-unsaturated/α-hetero) is 1. The molecule has 0 unspecified atom stereocenters. The summed E-state index contributed by atoms with van der Waals surface area (Å²) in [5.74, 6) is 1.85. The van der Waals surface area contributed by atoms with Crippen molar-refractivity contribution in [2.24, 2.45) is 0 Å². The van der Waals surface area contributed by atoms with Crippen LogP contribution in [-0.4, -0.2) is 5.78 Å². The Bertz CT molecular complexity index is 835. The van der Waals surface area contributed by atoms with Crippen molar-refractivity contribution in [1.82, 2.24) is 0 Å². The Morgan fingerprint density at radius 3 is 2.40 bits per heavy atom. The lowest BCUT2D eigenvalue weighted by Crippen LogP contribution is -2.00. The lowest BCUT2D eigenvalue weighted by atomic mass is 10.1. The minimum atomic E-state index is 0.188. The van der Waals surface area contributed by atoms with E-state index < -0.39 is 0 Å². The van der Waals surface area contributed by atoms with Crippen LogP contribution in [0.5, 0.6) is 0 Å². The molecule has 0 amide bonds. The molecule has 0 aliphatic carbocycles. The van der Waals surface area contributed by atoms with E-state index in [2.05, 4.69) is 5.32 Å². The third kappa shape index (κ3) is 4.52. The fourth-order valence-corrected chi connectivity index (χ4v) is 2.70. The van der Waals surface area contributed by atoms with Gasteiger partial charge in [-0.25, -0.2) is 0 Å². The summed E-state index contributed by atoms with van der Waals surface area (Å²) in [7, 11) is 0. The minimum absolute atomic E-state index is 0.188. The lowest BCUT2D eigenvalue weighted by Gasteiger charge is -2.06. The summed E-state index contributed by atoms with van der Waals surface area (Å²) in [6.07, 6.45) is 1.46. The molecule has 4 heteroatoms. The molecule has 0 saturated heterocycles. The average Bonchev–Trinajstić information content (AvgIpc) is 3.10. The van der Waals surface area contributed by atoms with Crippen molar-refractivity contribution in [1.29, 1.82) is 0 Å². The monoisotopic (exact) mass is 353 g/mol. The zero-order valence-corrected chi connectivity index (χ0v) is 14.8. The van der Waals surface area contributed by atoms with Gasteiger partial charge in [-0.3, -0.25) is 4.79 Å². The zero-order valence-electron chi connectivity index (χ0n) is 14.1. The van der Waals surface area contributed by atoms with Gasteiger partial charge < -0.3 is 9.73 Å². The number of hydrogen-bond acceptors (Lipinski definition) is 3. The van der Waals surface area contributed by atoms with E-state index in [1.807, 2.05) is 67.6 Å². The summed E-state index contributed by atoms with van der Waals surface area (Å²) < 4.78 is 5.87. The SMILES string of the molecule is CCCC(=O)c1ccc(NCc2ccc(-c3ccc(Cl)cc3)o2)cc1. The Kier molecular flexibility index (Phi) is 5.56. The van der Waals surface area contributed by atoms with E-state index in [0.29, 0.717) is 18.0 Å². The van der Waals surface area contributed by atoms with Gasteiger partial charge in [0.25, 0.3) is 0 Å². The molecule has 0 fully saturated rings. The van der Waals surface area contributed by atoms with Gasteiger partial charge in [0.05, 0.1) is 6.54 Å². The van der Waals surface area contributed by atoms with Crippen molar-refractivity contribution in [3.63, 3.8) is 0 Å². The van der Waals surface area contributed by atoms with Gasteiger partial charge in [-0.15, -0.1) is 0 Å². The maximum Gasteiger partial charge on any atom is 0.162 e. The van der Waals surface area contributed by atoms with Gasteiger partial charge in [-0.2, -0.15) is 0 Å². The number of benzene rings is 2. The molecule has 3 aromatic rings. The van der Waals surface area contributed by atoms with Gasteiger partial charge in [0.15, 0.2) is 5.78 Å². The van der Waals surface area contributed by atoms with E-state index in [1.165, 1.54) is 0 Å². The Labute approximate surface area is 152 Å². The molecule has 1 heterocycles. The number of rotatable bonds is 7. The molecule has 0 spiro atoms. The Hall–Kier alpha value is -2.52. The molecular formula is C21H20ClNO2. The second-order valence-corrected chi connectivity index (χ2v) is 6.31. The van der Waals surface area contributed by atoms with E-state index in [-0.39, 0.29) is 5.78 Å². The highest BCUT2D eigenvalue weighted by atomic mass is 35.5. The number of carbonyl (C=O) groups excluding carboxylic acids is 1. The molecule has 0 aliphatic rings. The number of furan rings is 1. The Balaban J connectivity index is 1.60.